The number of para-hydroxylation sites is 1. The molecular formula is C37H49F5N4O6. The van der Waals surface area contributed by atoms with Crippen LogP contribution >= 0.6 is 0 Å². The number of nitrogens with one attached hydrogen (secondary N) is 4. The summed E-state index contributed by atoms with van der Waals surface area (Å²) in [5, 5.41) is 9.19. The molecule has 0 radical (unpaired) electrons. The van der Waals surface area contributed by atoms with Crippen LogP contribution in [0.3, 0.4) is 0 Å². The number of benzene rings is 2. The van der Waals surface area contributed by atoms with Crippen molar-refractivity contribution in [2.45, 2.75) is 110 Å². The maximum absolute atomic E-state index is 13.3. The van der Waals surface area contributed by atoms with E-state index in [0.717, 1.165) is 42.8 Å². The summed E-state index contributed by atoms with van der Waals surface area (Å²) in [4.78, 5) is 52.8. The lowest BCUT2D eigenvalue weighted by atomic mass is 10.0. The molecule has 1 heterocycles. The SMILES string of the molecule is CCCCCCCCCC(=O)NC(Cc1c[nH]c2ccccc12)C(=O)NC(C=O)CCNC(=O)OC(C)(C)C.COc1c(F)c(F)c(F)c(F)c1F. The van der Waals surface area contributed by atoms with Crippen molar-refractivity contribution in [2.75, 3.05) is 13.7 Å². The summed E-state index contributed by atoms with van der Waals surface area (Å²) in [7, 11) is 0.804. The molecule has 10 nitrogen and oxygen atoms in total. The number of methoxy groups -OCH3 is 1. The summed E-state index contributed by atoms with van der Waals surface area (Å²) in [5.74, 6) is -12.1. The number of H-pyrrole nitrogens is 1. The van der Waals surface area contributed by atoms with Crippen molar-refractivity contribution in [3.05, 3.63) is 65.1 Å². The van der Waals surface area contributed by atoms with E-state index in [1.54, 1.807) is 20.8 Å². The minimum Gasteiger partial charge on any atom is -0.491 e. The van der Waals surface area contributed by atoms with Gasteiger partial charge in [0.25, 0.3) is 0 Å². The predicted octanol–water partition coefficient (Wildman–Crippen LogP) is 7.33. The molecule has 0 bridgehead atoms. The molecule has 0 aliphatic carbocycles. The summed E-state index contributed by atoms with van der Waals surface area (Å²) >= 11 is 0. The van der Waals surface area contributed by atoms with Gasteiger partial charge in [0.2, 0.25) is 40.9 Å². The van der Waals surface area contributed by atoms with E-state index in [2.05, 4.69) is 32.6 Å². The summed E-state index contributed by atoms with van der Waals surface area (Å²) in [6.07, 6.45) is 10.4. The zero-order chi connectivity index (χ0) is 38.8. The minimum atomic E-state index is -2.20. The highest BCUT2D eigenvalue weighted by Gasteiger charge is 2.27. The number of fused-ring (bicyclic) bond motifs is 1. The first kappa shape index (κ1) is 43.5. The molecule has 15 heteroatoms. The second-order valence-electron chi connectivity index (χ2n) is 13.1. The molecule has 0 aliphatic heterocycles. The van der Waals surface area contributed by atoms with Crippen LogP contribution in [0.4, 0.5) is 26.7 Å². The Labute approximate surface area is 300 Å². The summed E-state index contributed by atoms with van der Waals surface area (Å²) < 4.78 is 71.4. The molecule has 3 amide bonds. The zero-order valence-electron chi connectivity index (χ0n) is 30.2. The molecule has 3 rings (SSSR count). The second-order valence-corrected chi connectivity index (χ2v) is 13.1. The number of aromatic amines is 1. The first-order valence-corrected chi connectivity index (χ1v) is 17.3. The maximum atomic E-state index is 13.3. The lowest BCUT2D eigenvalue weighted by molar-refractivity contribution is -0.130. The number of ether oxygens (including phenoxy) is 2. The molecule has 2 unspecified atom stereocenters. The van der Waals surface area contributed by atoms with E-state index < -0.39 is 64.5 Å². The molecule has 0 saturated carbocycles. The van der Waals surface area contributed by atoms with Crippen molar-refractivity contribution in [3.8, 4) is 5.75 Å². The van der Waals surface area contributed by atoms with Gasteiger partial charge in [-0.3, -0.25) is 9.59 Å². The molecule has 0 spiro atoms. The highest BCUT2D eigenvalue weighted by atomic mass is 19.2. The molecule has 4 N–H and O–H groups in total. The van der Waals surface area contributed by atoms with Crippen LogP contribution in [0.25, 0.3) is 10.9 Å². The number of amides is 3. The standard InChI is InChI=1S/C30H46N4O5.C7H3F5O/c1-5-6-7-8-9-10-11-16-27(36)34-26(19-22-20-32-25-15-13-12-14-24(22)25)28(37)33-23(21-35)17-18-31-29(38)39-30(2,3)4;1-13-7-5(11)3(9)2(8)4(10)6(7)12/h12-15,20-21,23,26,32H,5-11,16-19H2,1-4H3,(H,31,38)(H,33,37)(H,34,36);1H3. The number of carbonyl (C=O) groups is 4. The van der Waals surface area contributed by atoms with E-state index in [1.165, 1.54) is 25.7 Å². The third-order valence-electron chi connectivity index (χ3n) is 7.75. The van der Waals surface area contributed by atoms with Gasteiger partial charge in [-0.25, -0.2) is 18.0 Å². The molecule has 0 fully saturated rings. The van der Waals surface area contributed by atoms with Crippen molar-refractivity contribution >= 4 is 35.1 Å². The number of unbranched alkanes of at least 4 members (excludes halogenated alkanes) is 6. The van der Waals surface area contributed by atoms with E-state index in [4.69, 9.17) is 4.74 Å². The number of rotatable bonds is 18. The monoisotopic (exact) mass is 740 g/mol. The quantitative estimate of drug-likeness (QED) is 0.0355. The van der Waals surface area contributed by atoms with Gasteiger partial charge in [-0.15, -0.1) is 0 Å². The Bertz CT molecular complexity index is 1600. The largest absolute Gasteiger partial charge is 0.491 e. The Hall–Kier alpha value is -4.69. The molecule has 0 aliphatic rings. The molecular weight excluding hydrogens is 691 g/mol. The van der Waals surface area contributed by atoms with Crippen LogP contribution in [-0.4, -0.2) is 60.5 Å². The average Bonchev–Trinajstić information content (AvgIpc) is 3.51. The number of aromatic nitrogens is 1. The van der Waals surface area contributed by atoms with E-state index in [-0.39, 0.29) is 25.3 Å². The average molecular weight is 741 g/mol. The van der Waals surface area contributed by atoms with E-state index in [9.17, 15) is 41.1 Å². The fraction of sp³-hybridized carbons (Fsp3) is 0.514. The van der Waals surface area contributed by atoms with Crippen molar-refractivity contribution in [3.63, 3.8) is 0 Å². The molecule has 2 aromatic carbocycles. The first-order valence-electron chi connectivity index (χ1n) is 17.3. The van der Waals surface area contributed by atoms with E-state index in [0.29, 0.717) is 12.7 Å². The summed E-state index contributed by atoms with van der Waals surface area (Å²) in [6, 6.07) is 6.10. The Morgan fingerprint density at radius 3 is 2.06 bits per heavy atom. The molecule has 52 heavy (non-hydrogen) atoms. The van der Waals surface area contributed by atoms with Gasteiger partial charge >= 0.3 is 6.09 Å². The van der Waals surface area contributed by atoms with Crippen molar-refractivity contribution in [2.24, 2.45) is 0 Å². The lowest BCUT2D eigenvalue weighted by Gasteiger charge is -2.22. The van der Waals surface area contributed by atoms with Gasteiger partial charge in [0.15, 0.2) is 5.75 Å². The van der Waals surface area contributed by atoms with Crippen molar-refractivity contribution in [1.82, 2.24) is 20.9 Å². The molecule has 0 saturated heterocycles. The van der Waals surface area contributed by atoms with Gasteiger partial charge in [0.1, 0.15) is 17.9 Å². The van der Waals surface area contributed by atoms with E-state index >= 15 is 0 Å². The fourth-order valence-electron chi connectivity index (χ4n) is 5.10. The van der Waals surface area contributed by atoms with Gasteiger partial charge < -0.3 is 35.2 Å². The van der Waals surface area contributed by atoms with E-state index in [1.807, 2.05) is 30.5 Å². The van der Waals surface area contributed by atoms with Crippen LogP contribution in [0.2, 0.25) is 0 Å². The molecule has 1 aromatic heterocycles. The zero-order valence-corrected chi connectivity index (χ0v) is 30.2. The smallest absolute Gasteiger partial charge is 0.407 e. The third kappa shape index (κ3) is 14.1. The Balaban J connectivity index is 0.000000602. The third-order valence-corrected chi connectivity index (χ3v) is 7.75. The van der Waals surface area contributed by atoms with Crippen LogP contribution in [-0.2, 0) is 25.5 Å². The number of hydrogen-bond acceptors (Lipinski definition) is 6. The number of hydrogen-bond donors (Lipinski definition) is 4. The Morgan fingerprint density at radius 2 is 1.46 bits per heavy atom. The van der Waals surface area contributed by atoms with Crippen LogP contribution < -0.4 is 20.7 Å². The van der Waals surface area contributed by atoms with Gasteiger partial charge in [0, 0.05) is 36.5 Å². The van der Waals surface area contributed by atoms with Crippen molar-refractivity contribution < 1.29 is 50.6 Å². The molecule has 3 aromatic rings. The topological polar surface area (TPSA) is 139 Å². The van der Waals surface area contributed by atoms with Crippen molar-refractivity contribution in [1.29, 1.82) is 0 Å². The number of halogens is 5. The summed E-state index contributed by atoms with van der Waals surface area (Å²) in [5.41, 5.74) is 1.21. The number of aldehydes is 1. The summed E-state index contributed by atoms with van der Waals surface area (Å²) in [6.45, 7) is 7.62. The number of carbonyl (C=O) groups excluding carboxylic acids is 4. The highest BCUT2D eigenvalue weighted by molar-refractivity contribution is 5.90. The Kier molecular flexibility index (Phi) is 18.1. The van der Waals surface area contributed by atoms with Crippen LogP contribution in [0.15, 0.2) is 30.5 Å². The van der Waals surface area contributed by atoms with Gasteiger partial charge in [-0.1, -0.05) is 63.6 Å². The predicted molar refractivity (Wildman–Crippen MR) is 186 cm³/mol. The van der Waals surface area contributed by atoms with Crippen LogP contribution in [0.1, 0.15) is 91.0 Å². The second kappa shape index (κ2) is 21.6. The Morgan fingerprint density at radius 1 is 0.865 bits per heavy atom. The van der Waals surface area contributed by atoms with Crippen LogP contribution in [0.5, 0.6) is 5.75 Å². The minimum absolute atomic E-state index is 0.149. The molecule has 2 atom stereocenters. The lowest BCUT2D eigenvalue weighted by Crippen LogP contribution is -2.51. The van der Waals surface area contributed by atoms with Crippen LogP contribution in [0, 0.1) is 29.1 Å². The molecule has 288 valence electrons. The normalized spacial score (nSPS) is 12.3. The van der Waals surface area contributed by atoms with Gasteiger partial charge in [-0.05, 0) is 45.2 Å². The van der Waals surface area contributed by atoms with Gasteiger partial charge in [0.05, 0.1) is 13.2 Å². The van der Waals surface area contributed by atoms with Gasteiger partial charge in [-0.2, -0.15) is 8.78 Å². The highest BCUT2D eigenvalue weighted by Crippen LogP contribution is 2.28. The number of alkyl carbamates (subject to hydrolysis) is 1. The fourth-order valence-corrected chi connectivity index (χ4v) is 5.10. The maximum Gasteiger partial charge on any atom is 0.407 e. The first-order chi connectivity index (χ1) is 24.6.